The van der Waals surface area contributed by atoms with Crippen LogP contribution in [-0.2, 0) is 12.8 Å². The fourth-order valence-electron chi connectivity index (χ4n) is 4.17. The summed E-state index contributed by atoms with van der Waals surface area (Å²) in [4.78, 5) is 0. The van der Waals surface area contributed by atoms with Gasteiger partial charge in [-0.05, 0) is 47.9 Å². The van der Waals surface area contributed by atoms with Gasteiger partial charge in [0.05, 0.1) is 12.5 Å². The molecular formula is C22H23NO. The van der Waals surface area contributed by atoms with Crippen LogP contribution in [0.15, 0.2) is 77.6 Å². The van der Waals surface area contributed by atoms with Gasteiger partial charge in [-0.1, -0.05) is 54.6 Å². The van der Waals surface area contributed by atoms with Crippen molar-refractivity contribution < 1.29 is 4.42 Å². The van der Waals surface area contributed by atoms with Crippen molar-refractivity contribution in [2.45, 2.75) is 31.2 Å². The Morgan fingerprint density at radius 3 is 2.58 bits per heavy atom. The minimum Gasteiger partial charge on any atom is -0.472 e. The second kappa shape index (κ2) is 6.66. The number of hydrogen-bond donors (Lipinski definition) is 1. The summed E-state index contributed by atoms with van der Waals surface area (Å²) in [6, 6.07) is 21.5. The smallest absolute Gasteiger partial charge is 0.0950 e. The third kappa shape index (κ3) is 2.90. The second-order valence-corrected chi connectivity index (χ2v) is 6.80. The predicted molar refractivity (Wildman–Crippen MR) is 96.8 cm³/mol. The average Bonchev–Trinajstić information content (AvgIpc) is 3.17. The van der Waals surface area contributed by atoms with Gasteiger partial charge in [-0.2, -0.15) is 0 Å². The Bertz CT molecular complexity index is 779. The largest absolute Gasteiger partial charge is 0.472 e. The Balaban J connectivity index is 1.70. The number of fused-ring (bicyclic) bond motifs is 1. The molecule has 3 unspecified atom stereocenters. The molecule has 0 saturated carbocycles. The molecule has 2 nitrogen and oxygen atoms in total. The summed E-state index contributed by atoms with van der Waals surface area (Å²) in [7, 11) is 0. The lowest BCUT2D eigenvalue weighted by Crippen LogP contribution is -2.31. The molecule has 2 N–H and O–H groups in total. The van der Waals surface area contributed by atoms with Crippen LogP contribution in [0, 0.1) is 5.92 Å². The molecule has 3 atom stereocenters. The summed E-state index contributed by atoms with van der Waals surface area (Å²) < 4.78 is 5.29. The minimum absolute atomic E-state index is 0.0288. The third-order valence-corrected chi connectivity index (χ3v) is 5.36. The van der Waals surface area contributed by atoms with Gasteiger partial charge in [0.1, 0.15) is 0 Å². The molecule has 0 saturated heterocycles. The molecule has 2 aromatic carbocycles. The molecule has 1 heterocycles. The van der Waals surface area contributed by atoms with Gasteiger partial charge in [0.15, 0.2) is 0 Å². The van der Waals surface area contributed by atoms with Crippen molar-refractivity contribution in [3.8, 4) is 0 Å². The highest BCUT2D eigenvalue weighted by atomic mass is 16.3. The molecule has 122 valence electrons. The van der Waals surface area contributed by atoms with E-state index in [1.54, 1.807) is 12.5 Å². The minimum atomic E-state index is -0.0288. The Kier molecular flexibility index (Phi) is 4.22. The first-order valence-corrected chi connectivity index (χ1v) is 8.72. The predicted octanol–water partition coefficient (Wildman–Crippen LogP) is 4.87. The molecule has 24 heavy (non-hydrogen) atoms. The average molecular weight is 317 g/mol. The zero-order valence-corrected chi connectivity index (χ0v) is 13.8. The number of hydrogen-bond acceptors (Lipinski definition) is 2. The molecular weight excluding hydrogens is 294 g/mol. The highest BCUT2D eigenvalue weighted by Crippen LogP contribution is 2.44. The molecule has 2 heteroatoms. The van der Waals surface area contributed by atoms with Crippen molar-refractivity contribution in [2.75, 3.05) is 0 Å². The van der Waals surface area contributed by atoms with Crippen molar-refractivity contribution >= 4 is 0 Å². The maximum Gasteiger partial charge on any atom is 0.0950 e. The van der Waals surface area contributed by atoms with Crippen LogP contribution in [-0.4, -0.2) is 0 Å². The molecule has 3 aromatic rings. The van der Waals surface area contributed by atoms with Gasteiger partial charge in [0, 0.05) is 17.5 Å². The fraction of sp³-hybridized carbons (Fsp3) is 0.273. The van der Waals surface area contributed by atoms with Crippen LogP contribution in [0.4, 0.5) is 0 Å². The Morgan fingerprint density at radius 2 is 1.79 bits per heavy atom. The van der Waals surface area contributed by atoms with E-state index in [0.29, 0.717) is 11.8 Å². The lowest BCUT2D eigenvalue weighted by Gasteiger charge is -2.37. The summed E-state index contributed by atoms with van der Waals surface area (Å²) in [6.07, 6.45) is 6.91. The van der Waals surface area contributed by atoms with Crippen LogP contribution < -0.4 is 5.73 Å². The first-order valence-electron chi connectivity index (χ1n) is 8.72. The molecule has 0 aliphatic heterocycles. The zero-order chi connectivity index (χ0) is 16.4. The Labute approximate surface area is 143 Å². The topological polar surface area (TPSA) is 39.2 Å². The summed E-state index contributed by atoms with van der Waals surface area (Å²) >= 11 is 0. The van der Waals surface area contributed by atoms with Gasteiger partial charge in [-0.3, -0.25) is 0 Å². The molecule has 1 aliphatic rings. The SMILES string of the molecule is NC(c1ccoc1)C1c2ccccc2CCC1Cc1ccccc1. The van der Waals surface area contributed by atoms with E-state index in [1.165, 1.54) is 23.1 Å². The molecule has 4 rings (SSSR count). The van der Waals surface area contributed by atoms with Gasteiger partial charge < -0.3 is 10.2 Å². The van der Waals surface area contributed by atoms with Crippen molar-refractivity contribution in [3.05, 3.63) is 95.4 Å². The Morgan fingerprint density at radius 1 is 1.00 bits per heavy atom. The van der Waals surface area contributed by atoms with Crippen molar-refractivity contribution in [1.29, 1.82) is 0 Å². The van der Waals surface area contributed by atoms with E-state index >= 15 is 0 Å². The molecule has 1 aliphatic carbocycles. The first kappa shape index (κ1) is 15.2. The van der Waals surface area contributed by atoms with E-state index < -0.39 is 0 Å². The second-order valence-electron chi connectivity index (χ2n) is 6.80. The van der Waals surface area contributed by atoms with Crippen LogP contribution in [0.2, 0.25) is 0 Å². The quantitative estimate of drug-likeness (QED) is 0.745. The monoisotopic (exact) mass is 317 g/mol. The van der Waals surface area contributed by atoms with Crippen molar-refractivity contribution in [1.82, 2.24) is 0 Å². The lowest BCUT2D eigenvalue weighted by atomic mass is 9.69. The zero-order valence-electron chi connectivity index (χ0n) is 13.8. The van der Waals surface area contributed by atoms with E-state index in [9.17, 15) is 0 Å². The van der Waals surface area contributed by atoms with Gasteiger partial charge in [-0.25, -0.2) is 0 Å². The van der Waals surface area contributed by atoms with Gasteiger partial charge in [0.2, 0.25) is 0 Å². The maximum absolute atomic E-state index is 6.71. The fourth-order valence-corrected chi connectivity index (χ4v) is 4.17. The Hall–Kier alpha value is -2.32. The summed E-state index contributed by atoms with van der Waals surface area (Å²) in [6.45, 7) is 0. The third-order valence-electron chi connectivity index (χ3n) is 5.36. The van der Waals surface area contributed by atoms with Crippen LogP contribution in [0.3, 0.4) is 0 Å². The summed E-state index contributed by atoms with van der Waals surface area (Å²) in [5.41, 5.74) is 12.1. The molecule has 0 spiro atoms. The number of benzene rings is 2. The maximum atomic E-state index is 6.71. The van der Waals surface area contributed by atoms with Gasteiger partial charge in [-0.15, -0.1) is 0 Å². The summed E-state index contributed by atoms with van der Waals surface area (Å²) in [5, 5.41) is 0. The standard InChI is InChI=1S/C22H23NO/c23-22(19-12-13-24-15-19)21-18(14-16-6-2-1-3-7-16)11-10-17-8-4-5-9-20(17)21/h1-9,12-13,15,18,21-22H,10-11,14,23H2. The van der Waals surface area contributed by atoms with E-state index in [2.05, 4.69) is 54.6 Å². The van der Waals surface area contributed by atoms with Crippen molar-refractivity contribution in [3.63, 3.8) is 0 Å². The normalized spacial score (nSPS) is 21.2. The molecule has 0 radical (unpaired) electrons. The van der Waals surface area contributed by atoms with Crippen LogP contribution in [0.25, 0.3) is 0 Å². The van der Waals surface area contributed by atoms with E-state index in [4.69, 9.17) is 10.2 Å². The number of aryl methyl sites for hydroxylation is 1. The van der Waals surface area contributed by atoms with Crippen LogP contribution in [0.1, 0.15) is 40.6 Å². The number of nitrogens with two attached hydrogens (primary N) is 1. The van der Waals surface area contributed by atoms with Crippen LogP contribution >= 0.6 is 0 Å². The van der Waals surface area contributed by atoms with Gasteiger partial charge >= 0.3 is 0 Å². The number of rotatable bonds is 4. The van der Waals surface area contributed by atoms with Gasteiger partial charge in [0.25, 0.3) is 0 Å². The van der Waals surface area contributed by atoms with Crippen molar-refractivity contribution in [2.24, 2.45) is 11.7 Å². The van der Waals surface area contributed by atoms with E-state index in [0.717, 1.165) is 18.4 Å². The number of furan rings is 1. The van der Waals surface area contributed by atoms with E-state index in [1.807, 2.05) is 6.07 Å². The molecule has 0 fully saturated rings. The molecule has 0 amide bonds. The lowest BCUT2D eigenvalue weighted by molar-refractivity contribution is 0.326. The first-order chi connectivity index (χ1) is 11.8. The summed E-state index contributed by atoms with van der Waals surface area (Å²) in [5.74, 6) is 0.875. The molecule has 1 aromatic heterocycles. The highest BCUT2D eigenvalue weighted by Gasteiger charge is 2.34. The van der Waals surface area contributed by atoms with Crippen LogP contribution in [0.5, 0.6) is 0 Å². The molecule has 0 bridgehead atoms. The van der Waals surface area contributed by atoms with E-state index in [-0.39, 0.29) is 6.04 Å². The highest BCUT2D eigenvalue weighted by molar-refractivity contribution is 5.37.